The zero-order chi connectivity index (χ0) is 9.90. The monoisotopic (exact) mass is 240 g/mol. The van der Waals surface area contributed by atoms with Crippen molar-refractivity contribution >= 4 is 34.1 Å². The molecule has 1 saturated heterocycles. The van der Waals surface area contributed by atoms with E-state index in [1.807, 2.05) is 11.8 Å². The van der Waals surface area contributed by atoms with Gasteiger partial charge in [-0.05, 0) is 5.75 Å². The maximum Gasteiger partial charge on any atom is 0.0679 e. The summed E-state index contributed by atoms with van der Waals surface area (Å²) in [7, 11) is -2.30. The van der Waals surface area contributed by atoms with Crippen LogP contribution in [0, 0.1) is 4.78 Å². The first-order valence-corrected chi connectivity index (χ1v) is 7.99. The molecule has 78 valence electrons. The highest BCUT2D eigenvalue weighted by Crippen LogP contribution is 2.18. The highest BCUT2D eigenvalue weighted by Gasteiger charge is 2.31. The third kappa shape index (κ3) is 3.69. The minimum Gasteiger partial charge on any atom is -0.292 e. The maximum atomic E-state index is 11.3. The quantitative estimate of drug-likeness (QED) is 0.556. The van der Waals surface area contributed by atoms with Crippen LogP contribution < -0.4 is 0 Å². The number of nitrogens with one attached hydrogen (secondary N) is 1. The fraction of sp³-hybridized carbons (Fsp3) is 1.00. The molecule has 1 aliphatic heterocycles. The Hall–Kier alpha value is 0.610. The normalized spacial score (nSPS) is 23.8. The average Bonchev–Trinajstić information content (AvgIpc) is 1.91. The third-order valence-corrected chi connectivity index (χ3v) is 5.21. The van der Waals surface area contributed by atoms with Crippen LogP contribution in [0.25, 0.3) is 0 Å². The second-order valence-electron chi connectivity index (χ2n) is 3.32. The van der Waals surface area contributed by atoms with Crippen molar-refractivity contribution in [2.75, 3.05) is 36.7 Å². The van der Waals surface area contributed by atoms with E-state index in [9.17, 15) is 4.21 Å². The number of hydrogen-bond donors (Lipinski definition) is 2. The van der Waals surface area contributed by atoms with Gasteiger partial charge in [-0.15, -0.1) is 11.8 Å². The van der Waals surface area contributed by atoms with Gasteiger partial charge in [0.25, 0.3) is 0 Å². The minimum absolute atomic E-state index is 0.101. The summed E-state index contributed by atoms with van der Waals surface area (Å²) in [5.41, 5.74) is 0. The molecule has 1 aliphatic rings. The van der Waals surface area contributed by atoms with Crippen LogP contribution in [0.5, 0.6) is 0 Å². The van der Waals surface area contributed by atoms with Crippen LogP contribution in [0.15, 0.2) is 0 Å². The van der Waals surface area contributed by atoms with Crippen LogP contribution >= 0.6 is 24.4 Å². The Morgan fingerprint density at radius 3 is 2.77 bits per heavy atom. The molecular weight excluding hydrogens is 224 g/mol. The lowest BCUT2D eigenvalue weighted by Gasteiger charge is -2.38. The lowest BCUT2D eigenvalue weighted by atomic mass is 10.2. The molecule has 6 heteroatoms. The summed E-state index contributed by atoms with van der Waals surface area (Å²) in [6, 6.07) is 0. The van der Waals surface area contributed by atoms with E-state index in [1.165, 1.54) is 6.26 Å². The molecule has 1 fully saturated rings. The molecule has 0 saturated carbocycles. The molecule has 0 radical (unpaired) electrons. The molecule has 0 aromatic rings. The van der Waals surface area contributed by atoms with Crippen molar-refractivity contribution in [3.8, 4) is 0 Å². The summed E-state index contributed by atoms with van der Waals surface area (Å²) in [6.45, 7) is 1.66. The Bertz CT molecular complexity index is 246. The van der Waals surface area contributed by atoms with E-state index in [4.69, 9.17) is 4.78 Å². The van der Waals surface area contributed by atoms with Crippen molar-refractivity contribution in [3.63, 3.8) is 0 Å². The van der Waals surface area contributed by atoms with E-state index in [0.29, 0.717) is 0 Å². The predicted molar refractivity (Wildman–Crippen MR) is 63.3 cm³/mol. The van der Waals surface area contributed by atoms with Gasteiger partial charge in [0.15, 0.2) is 0 Å². The topological polar surface area (TPSA) is 44.2 Å². The Morgan fingerprint density at radius 2 is 2.31 bits per heavy atom. The van der Waals surface area contributed by atoms with E-state index in [-0.39, 0.29) is 5.25 Å². The number of hydrogen-bond acceptors (Lipinski definition) is 5. The number of rotatable bonds is 5. The molecule has 1 heterocycles. The fourth-order valence-electron chi connectivity index (χ4n) is 1.17. The molecule has 1 N–H and O–H groups in total. The van der Waals surface area contributed by atoms with Crippen LogP contribution in [-0.4, -0.2) is 51.1 Å². The highest BCUT2D eigenvalue weighted by molar-refractivity contribution is 7.99. The van der Waals surface area contributed by atoms with E-state index in [1.54, 1.807) is 0 Å². The fourth-order valence-corrected chi connectivity index (χ4v) is 3.28. The molecule has 13 heavy (non-hydrogen) atoms. The number of thiol groups is 1. The van der Waals surface area contributed by atoms with Crippen LogP contribution in [-0.2, 0) is 9.73 Å². The molecule has 0 aromatic heterocycles. The van der Waals surface area contributed by atoms with Gasteiger partial charge < -0.3 is 0 Å². The van der Waals surface area contributed by atoms with E-state index < -0.39 is 9.73 Å². The van der Waals surface area contributed by atoms with Crippen molar-refractivity contribution in [1.82, 2.24) is 4.90 Å². The van der Waals surface area contributed by atoms with Crippen molar-refractivity contribution in [2.45, 2.75) is 5.25 Å². The SMILES string of the molecule is CS(=N)(=O)C1CN(CSCCS)C1. The molecule has 0 amide bonds. The van der Waals surface area contributed by atoms with Gasteiger partial charge in [-0.1, -0.05) is 0 Å². The molecule has 0 bridgehead atoms. The third-order valence-electron chi connectivity index (χ3n) is 2.07. The average molecular weight is 240 g/mol. The lowest BCUT2D eigenvalue weighted by Crippen LogP contribution is -2.53. The van der Waals surface area contributed by atoms with Crippen molar-refractivity contribution < 1.29 is 4.21 Å². The van der Waals surface area contributed by atoms with E-state index in [0.717, 1.165) is 30.5 Å². The van der Waals surface area contributed by atoms with Gasteiger partial charge >= 0.3 is 0 Å². The Kier molecular flexibility index (Phi) is 4.41. The van der Waals surface area contributed by atoms with Crippen LogP contribution in [0.4, 0.5) is 0 Å². The Morgan fingerprint density at radius 1 is 1.69 bits per heavy atom. The number of nitrogens with zero attached hydrogens (tertiary/aromatic N) is 1. The zero-order valence-corrected chi connectivity index (χ0v) is 10.3. The number of likely N-dealkylation sites (tertiary alicyclic amines) is 1. The van der Waals surface area contributed by atoms with E-state index in [2.05, 4.69) is 17.5 Å². The van der Waals surface area contributed by atoms with Gasteiger partial charge in [0.1, 0.15) is 0 Å². The predicted octanol–water partition coefficient (Wildman–Crippen LogP) is 0.968. The second-order valence-corrected chi connectivity index (χ2v) is 7.32. The van der Waals surface area contributed by atoms with Crippen molar-refractivity contribution in [1.29, 1.82) is 4.78 Å². The molecular formula is C7H16N2OS3. The first kappa shape index (κ1) is 11.7. The molecule has 0 spiro atoms. The minimum atomic E-state index is -2.30. The largest absolute Gasteiger partial charge is 0.292 e. The maximum absolute atomic E-state index is 11.3. The lowest BCUT2D eigenvalue weighted by molar-refractivity contribution is 0.224. The van der Waals surface area contributed by atoms with Crippen LogP contribution in [0.1, 0.15) is 0 Å². The van der Waals surface area contributed by atoms with Gasteiger partial charge in [-0.3, -0.25) is 9.68 Å². The van der Waals surface area contributed by atoms with E-state index >= 15 is 0 Å². The molecule has 3 nitrogen and oxygen atoms in total. The first-order chi connectivity index (χ1) is 6.04. The Labute approximate surface area is 90.0 Å². The van der Waals surface area contributed by atoms with Gasteiger partial charge in [-0.2, -0.15) is 12.6 Å². The van der Waals surface area contributed by atoms with Crippen molar-refractivity contribution in [2.24, 2.45) is 0 Å². The summed E-state index contributed by atoms with van der Waals surface area (Å²) in [4.78, 5) is 2.23. The van der Waals surface area contributed by atoms with Gasteiger partial charge in [0.05, 0.1) is 5.25 Å². The second kappa shape index (κ2) is 4.91. The molecule has 0 aliphatic carbocycles. The summed E-state index contributed by atoms with van der Waals surface area (Å²) < 4.78 is 18.6. The standard InChI is InChI=1S/C7H16N2OS3/c1-13(8,10)7-4-9(5-7)6-12-3-2-11/h7-8,11H,2-6H2,1H3. The van der Waals surface area contributed by atoms with Crippen LogP contribution in [0.2, 0.25) is 0 Å². The van der Waals surface area contributed by atoms with Crippen molar-refractivity contribution in [3.05, 3.63) is 0 Å². The highest BCUT2D eigenvalue weighted by atomic mass is 32.2. The molecule has 1 rings (SSSR count). The smallest absolute Gasteiger partial charge is 0.0679 e. The van der Waals surface area contributed by atoms with Crippen LogP contribution in [0.3, 0.4) is 0 Å². The summed E-state index contributed by atoms with van der Waals surface area (Å²) in [5.74, 6) is 2.96. The molecule has 1 atom stereocenters. The Balaban J connectivity index is 2.12. The summed E-state index contributed by atoms with van der Waals surface area (Å²) >= 11 is 5.96. The number of thioether (sulfide) groups is 1. The van der Waals surface area contributed by atoms with Gasteiger partial charge in [0.2, 0.25) is 0 Å². The van der Waals surface area contributed by atoms with Gasteiger partial charge in [0, 0.05) is 40.7 Å². The zero-order valence-electron chi connectivity index (χ0n) is 7.73. The summed E-state index contributed by atoms with van der Waals surface area (Å²) in [6.07, 6.45) is 1.54. The summed E-state index contributed by atoms with van der Waals surface area (Å²) in [5, 5.41) is 0.101. The van der Waals surface area contributed by atoms with Gasteiger partial charge in [-0.25, -0.2) is 4.21 Å². The first-order valence-electron chi connectivity index (χ1n) is 4.17. The molecule has 0 aromatic carbocycles. The molecule has 1 unspecified atom stereocenters.